The first-order valence-electron chi connectivity index (χ1n) is 7.15. The summed E-state index contributed by atoms with van der Waals surface area (Å²) in [5.41, 5.74) is 1.71. The van der Waals surface area contributed by atoms with Crippen LogP contribution in [0.3, 0.4) is 0 Å². The third-order valence-corrected chi connectivity index (χ3v) is 4.42. The Morgan fingerprint density at radius 3 is 2.96 bits per heavy atom. The van der Waals surface area contributed by atoms with Gasteiger partial charge in [-0.15, -0.1) is 0 Å². The van der Waals surface area contributed by atoms with E-state index in [-0.39, 0.29) is 23.0 Å². The number of hydrogen-bond acceptors (Lipinski definition) is 5. The van der Waals surface area contributed by atoms with Gasteiger partial charge in [0.25, 0.3) is 5.69 Å². The Balaban J connectivity index is 1.72. The Labute approximate surface area is 141 Å². The quantitative estimate of drug-likeness (QED) is 0.436. The van der Waals surface area contributed by atoms with Gasteiger partial charge in [0.1, 0.15) is 5.69 Å². The fourth-order valence-corrected chi connectivity index (χ4v) is 3.06. The molecule has 0 aliphatic heterocycles. The smallest absolute Gasteiger partial charge is 0.293 e. The molecule has 1 N–H and O–H groups in total. The van der Waals surface area contributed by atoms with E-state index in [1.54, 1.807) is 25.3 Å². The van der Waals surface area contributed by atoms with E-state index in [9.17, 15) is 14.9 Å². The van der Waals surface area contributed by atoms with Crippen molar-refractivity contribution in [2.75, 3.05) is 11.1 Å². The van der Waals surface area contributed by atoms with Gasteiger partial charge in [-0.05, 0) is 24.6 Å². The lowest BCUT2D eigenvalue weighted by Crippen LogP contribution is -2.16. The first-order valence-corrected chi connectivity index (χ1v) is 8.13. The van der Waals surface area contributed by atoms with Crippen LogP contribution in [-0.4, -0.2) is 26.0 Å². The number of thioether (sulfide) groups is 1. The van der Waals surface area contributed by atoms with Gasteiger partial charge >= 0.3 is 0 Å². The maximum atomic E-state index is 12.2. The molecule has 3 rings (SSSR count). The zero-order valence-electron chi connectivity index (χ0n) is 12.8. The number of hydrogen-bond donors (Lipinski definition) is 1. The molecular formula is C16H14N4O3S. The highest BCUT2D eigenvalue weighted by atomic mass is 32.2. The van der Waals surface area contributed by atoms with Gasteiger partial charge in [-0.1, -0.05) is 30.0 Å². The molecule has 3 aromatic rings. The summed E-state index contributed by atoms with van der Waals surface area (Å²) in [5.74, 6) is -0.204. The molecule has 0 spiro atoms. The van der Waals surface area contributed by atoms with E-state index < -0.39 is 4.92 Å². The maximum absolute atomic E-state index is 12.2. The minimum absolute atomic E-state index is 0.111. The number of benzene rings is 1. The van der Waals surface area contributed by atoms with E-state index in [1.165, 1.54) is 17.8 Å². The van der Waals surface area contributed by atoms with Crippen LogP contribution >= 0.6 is 11.8 Å². The predicted molar refractivity (Wildman–Crippen MR) is 92.4 cm³/mol. The normalized spacial score (nSPS) is 10.7. The number of nitro benzene ring substituents is 1. The molecule has 122 valence electrons. The van der Waals surface area contributed by atoms with Crippen molar-refractivity contribution in [2.45, 2.75) is 12.1 Å². The molecule has 0 aliphatic carbocycles. The molecule has 0 fully saturated rings. The van der Waals surface area contributed by atoms with E-state index in [0.29, 0.717) is 10.7 Å². The molecule has 2 heterocycles. The van der Waals surface area contributed by atoms with E-state index in [4.69, 9.17) is 0 Å². The van der Waals surface area contributed by atoms with Gasteiger partial charge < -0.3 is 5.32 Å². The van der Waals surface area contributed by atoms with E-state index >= 15 is 0 Å². The summed E-state index contributed by atoms with van der Waals surface area (Å²) >= 11 is 1.27. The number of nitrogens with zero attached hydrogens (tertiary/aromatic N) is 3. The first-order chi connectivity index (χ1) is 11.6. The Bertz CT molecular complexity index is 923. The van der Waals surface area contributed by atoms with Crippen LogP contribution in [-0.2, 0) is 4.79 Å². The molecule has 7 nitrogen and oxygen atoms in total. The van der Waals surface area contributed by atoms with Crippen molar-refractivity contribution >= 4 is 34.6 Å². The lowest BCUT2D eigenvalue weighted by Gasteiger charge is -2.08. The highest BCUT2D eigenvalue weighted by molar-refractivity contribution is 7.99. The second-order valence-electron chi connectivity index (χ2n) is 5.10. The van der Waals surface area contributed by atoms with E-state index in [2.05, 4.69) is 10.3 Å². The molecule has 0 atom stereocenters. The fourth-order valence-electron chi connectivity index (χ4n) is 2.30. The minimum atomic E-state index is -0.502. The van der Waals surface area contributed by atoms with E-state index in [1.807, 2.05) is 28.8 Å². The summed E-state index contributed by atoms with van der Waals surface area (Å²) in [7, 11) is 0. The molecule has 1 aromatic carbocycles. The Kier molecular flexibility index (Phi) is 4.48. The van der Waals surface area contributed by atoms with Crippen LogP contribution in [0.2, 0.25) is 0 Å². The van der Waals surface area contributed by atoms with Crippen molar-refractivity contribution in [3.05, 3.63) is 64.5 Å². The molecule has 0 unspecified atom stereocenters. The average molecular weight is 342 g/mol. The van der Waals surface area contributed by atoms with Gasteiger partial charge in [-0.3, -0.25) is 19.3 Å². The Hall–Kier alpha value is -2.87. The van der Waals surface area contributed by atoms with Crippen LogP contribution in [0.15, 0.2) is 53.9 Å². The minimum Gasteiger partial charge on any atom is -0.319 e. The van der Waals surface area contributed by atoms with Crippen LogP contribution in [0.4, 0.5) is 11.4 Å². The number of anilines is 1. The number of aryl methyl sites for hydroxylation is 1. The molecule has 24 heavy (non-hydrogen) atoms. The van der Waals surface area contributed by atoms with Crippen LogP contribution in [0.5, 0.6) is 0 Å². The number of para-hydroxylation sites is 1. The summed E-state index contributed by atoms with van der Waals surface area (Å²) in [6.45, 7) is 1.72. The van der Waals surface area contributed by atoms with Crippen molar-refractivity contribution in [1.29, 1.82) is 0 Å². The topological polar surface area (TPSA) is 89.5 Å². The number of fused-ring (bicyclic) bond motifs is 1. The summed E-state index contributed by atoms with van der Waals surface area (Å²) in [6, 6.07) is 10.4. The van der Waals surface area contributed by atoms with Crippen molar-refractivity contribution in [1.82, 2.24) is 9.38 Å². The molecule has 0 bridgehead atoms. The van der Waals surface area contributed by atoms with Gasteiger partial charge in [0.15, 0.2) is 5.16 Å². The van der Waals surface area contributed by atoms with Crippen molar-refractivity contribution in [3.63, 3.8) is 0 Å². The molecule has 0 radical (unpaired) electrons. The summed E-state index contributed by atoms with van der Waals surface area (Å²) in [4.78, 5) is 27.0. The number of aromatic nitrogens is 2. The molecule has 8 heteroatoms. The number of rotatable bonds is 5. The summed E-state index contributed by atoms with van der Waals surface area (Å²) in [5, 5.41) is 14.4. The predicted octanol–water partition coefficient (Wildman–Crippen LogP) is 3.28. The molecule has 1 amide bonds. The number of pyridine rings is 1. The van der Waals surface area contributed by atoms with Crippen LogP contribution in [0.25, 0.3) is 5.52 Å². The Morgan fingerprint density at radius 1 is 1.33 bits per heavy atom. The lowest BCUT2D eigenvalue weighted by molar-refractivity contribution is -0.384. The van der Waals surface area contributed by atoms with Crippen molar-refractivity contribution < 1.29 is 9.72 Å². The summed E-state index contributed by atoms with van der Waals surface area (Å²) < 4.78 is 1.88. The SMILES string of the molecule is Cc1cccc([N+](=O)[O-])c1NC(=O)CSc1ncc2ccccn12. The second kappa shape index (κ2) is 6.71. The van der Waals surface area contributed by atoms with Gasteiger partial charge in [-0.25, -0.2) is 4.98 Å². The number of nitro groups is 1. The molecular weight excluding hydrogens is 328 g/mol. The van der Waals surface area contributed by atoms with Gasteiger partial charge in [0.05, 0.1) is 22.4 Å². The van der Waals surface area contributed by atoms with Gasteiger partial charge in [0.2, 0.25) is 5.91 Å². The number of imidazole rings is 1. The standard InChI is InChI=1S/C16H14N4O3S/c1-11-5-4-7-13(20(22)23)15(11)18-14(21)10-24-16-17-9-12-6-2-3-8-19(12)16/h2-9H,10H2,1H3,(H,18,21). The highest BCUT2D eigenvalue weighted by Crippen LogP contribution is 2.28. The molecule has 0 aliphatic rings. The summed E-state index contributed by atoms with van der Waals surface area (Å²) in [6.07, 6.45) is 3.60. The number of carbonyl (C=O) groups is 1. The Morgan fingerprint density at radius 2 is 2.17 bits per heavy atom. The zero-order valence-corrected chi connectivity index (χ0v) is 13.6. The number of amides is 1. The van der Waals surface area contributed by atoms with Crippen LogP contribution < -0.4 is 5.32 Å². The average Bonchev–Trinajstić information content (AvgIpc) is 2.98. The molecule has 0 saturated heterocycles. The third-order valence-electron chi connectivity index (χ3n) is 3.45. The fraction of sp³-hybridized carbons (Fsp3) is 0.125. The maximum Gasteiger partial charge on any atom is 0.293 e. The molecule has 0 saturated carbocycles. The lowest BCUT2D eigenvalue weighted by atomic mass is 10.1. The van der Waals surface area contributed by atoms with Crippen LogP contribution in [0.1, 0.15) is 5.56 Å². The van der Waals surface area contributed by atoms with Gasteiger partial charge in [-0.2, -0.15) is 0 Å². The number of carbonyl (C=O) groups excluding carboxylic acids is 1. The van der Waals surface area contributed by atoms with Crippen molar-refractivity contribution in [3.8, 4) is 0 Å². The highest BCUT2D eigenvalue weighted by Gasteiger charge is 2.18. The van der Waals surface area contributed by atoms with Crippen molar-refractivity contribution in [2.24, 2.45) is 0 Å². The second-order valence-corrected chi connectivity index (χ2v) is 6.04. The van der Waals surface area contributed by atoms with E-state index in [0.717, 1.165) is 5.52 Å². The van der Waals surface area contributed by atoms with Gasteiger partial charge in [0, 0.05) is 12.3 Å². The largest absolute Gasteiger partial charge is 0.319 e. The number of nitrogens with one attached hydrogen (secondary N) is 1. The molecule has 2 aromatic heterocycles. The zero-order chi connectivity index (χ0) is 17.1. The first kappa shape index (κ1) is 16.0. The monoisotopic (exact) mass is 342 g/mol. The van der Waals surface area contributed by atoms with Crippen LogP contribution in [0, 0.1) is 17.0 Å². The third kappa shape index (κ3) is 3.23.